The van der Waals surface area contributed by atoms with Crippen molar-refractivity contribution >= 4 is 11.9 Å². The summed E-state index contributed by atoms with van der Waals surface area (Å²) in [5, 5.41) is 2.64. The Bertz CT molecular complexity index is 281. The second kappa shape index (κ2) is 4.79. The van der Waals surface area contributed by atoms with Crippen LogP contribution < -0.4 is 5.32 Å². The monoisotopic (exact) mass is 197 g/mol. The Balaban J connectivity index is 2.65. The summed E-state index contributed by atoms with van der Waals surface area (Å²) in [6, 6.07) is 0. The Morgan fingerprint density at radius 3 is 2.86 bits per heavy atom. The quantitative estimate of drug-likeness (QED) is 0.690. The molecular weight excluding hydrogens is 182 g/mol. The topological polar surface area (TPSA) is 55.4 Å². The van der Waals surface area contributed by atoms with Crippen molar-refractivity contribution in [3.8, 4) is 0 Å². The van der Waals surface area contributed by atoms with E-state index in [9.17, 15) is 9.59 Å². The lowest BCUT2D eigenvalue weighted by Gasteiger charge is -2.17. The molecule has 0 saturated carbocycles. The molecule has 0 aromatic carbocycles. The summed E-state index contributed by atoms with van der Waals surface area (Å²) in [5.74, 6) is -0.424. The molecule has 0 unspecified atom stereocenters. The van der Waals surface area contributed by atoms with Gasteiger partial charge < -0.3 is 10.1 Å². The number of esters is 1. The van der Waals surface area contributed by atoms with E-state index >= 15 is 0 Å². The molecule has 0 radical (unpaired) electrons. The van der Waals surface area contributed by atoms with Gasteiger partial charge in [0.15, 0.2) is 5.76 Å². The minimum absolute atomic E-state index is 0.190. The lowest BCUT2D eigenvalue weighted by Crippen LogP contribution is -2.33. The number of carbonyl (C=O) groups excluding carboxylic acids is 2. The zero-order valence-electron chi connectivity index (χ0n) is 8.55. The number of amides is 1. The van der Waals surface area contributed by atoms with Gasteiger partial charge in [0.2, 0.25) is 0 Å². The van der Waals surface area contributed by atoms with Crippen molar-refractivity contribution in [2.24, 2.45) is 0 Å². The molecule has 1 aliphatic rings. The van der Waals surface area contributed by atoms with Crippen LogP contribution in [0.25, 0.3) is 0 Å². The fraction of sp³-hybridized carbons (Fsp3) is 0.600. The number of ether oxygens (including phenoxy) is 1. The highest BCUT2D eigenvalue weighted by molar-refractivity contribution is 5.95. The number of nitrogens with one attached hydrogen (secondary N) is 1. The molecule has 0 aliphatic carbocycles. The molecule has 14 heavy (non-hydrogen) atoms. The van der Waals surface area contributed by atoms with Gasteiger partial charge in [0.05, 0.1) is 0 Å². The molecule has 0 fully saturated rings. The van der Waals surface area contributed by atoms with E-state index < -0.39 is 0 Å². The summed E-state index contributed by atoms with van der Waals surface area (Å²) < 4.78 is 4.98. The van der Waals surface area contributed by atoms with E-state index in [0.29, 0.717) is 13.0 Å². The van der Waals surface area contributed by atoms with Crippen molar-refractivity contribution in [1.29, 1.82) is 0 Å². The molecule has 0 bridgehead atoms. The summed E-state index contributed by atoms with van der Waals surface area (Å²) in [4.78, 5) is 22.5. The summed E-state index contributed by atoms with van der Waals surface area (Å²) in [7, 11) is 0. The van der Waals surface area contributed by atoms with Crippen LogP contribution in [0.1, 0.15) is 33.1 Å². The van der Waals surface area contributed by atoms with Crippen molar-refractivity contribution < 1.29 is 14.3 Å². The molecule has 4 nitrogen and oxygen atoms in total. The average Bonchev–Trinajstić information content (AvgIpc) is 2.12. The number of carbonyl (C=O) groups is 2. The maximum Gasteiger partial charge on any atom is 0.311 e. The average molecular weight is 197 g/mol. The Morgan fingerprint density at radius 1 is 1.57 bits per heavy atom. The van der Waals surface area contributed by atoms with Gasteiger partial charge in [-0.1, -0.05) is 6.92 Å². The number of hydrogen-bond acceptors (Lipinski definition) is 3. The third-order valence-corrected chi connectivity index (χ3v) is 2.05. The van der Waals surface area contributed by atoms with Gasteiger partial charge in [-0.2, -0.15) is 0 Å². The number of rotatable bonds is 3. The van der Waals surface area contributed by atoms with Crippen molar-refractivity contribution in [3.05, 3.63) is 11.3 Å². The van der Waals surface area contributed by atoms with E-state index in [1.54, 1.807) is 0 Å². The van der Waals surface area contributed by atoms with Crippen LogP contribution >= 0.6 is 0 Å². The predicted octanol–water partition coefficient (Wildman–Crippen LogP) is 1.12. The first-order valence-electron chi connectivity index (χ1n) is 4.83. The van der Waals surface area contributed by atoms with Gasteiger partial charge in [-0.3, -0.25) is 9.59 Å². The van der Waals surface area contributed by atoms with Gasteiger partial charge in [-0.25, -0.2) is 0 Å². The zero-order valence-corrected chi connectivity index (χ0v) is 8.55. The molecule has 1 N–H and O–H groups in total. The largest absolute Gasteiger partial charge is 0.421 e. The maximum atomic E-state index is 11.3. The van der Waals surface area contributed by atoms with Crippen LogP contribution in [0, 0.1) is 0 Å². The molecule has 1 rings (SSSR count). The smallest absolute Gasteiger partial charge is 0.311 e. The van der Waals surface area contributed by atoms with Crippen LogP contribution in [0.4, 0.5) is 0 Å². The van der Waals surface area contributed by atoms with Crippen LogP contribution in [-0.2, 0) is 14.3 Å². The van der Waals surface area contributed by atoms with Gasteiger partial charge in [0.25, 0.3) is 5.91 Å². The van der Waals surface area contributed by atoms with Crippen molar-refractivity contribution in [2.75, 3.05) is 6.54 Å². The molecular formula is C10H15NO3. The Kier molecular flexibility index (Phi) is 3.68. The fourth-order valence-corrected chi connectivity index (χ4v) is 1.25. The second-order valence-electron chi connectivity index (χ2n) is 3.34. The Morgan fingerprint density at radius 2 is 2.29 bits per heavy atom. The minimum atomic E-state index is -0.334. The first-order chi connectivity index (χ1) is 6.65. The highest BCUT2D eigenvalue weighted by Crippen LogP contribution is 2.14. The van der Waals surface area contributed by atoms with E-state index in [0.717, 1.165) is 18.4 Å². The summed E-state index contributed by atoms with van der Waals surface area (Å²) in [5.41, 5.74) is 0.846. The molecule has 0 saturated heterocycles. The lowest BCUT2D eigenvalue weighted by molar-refractivity contribution is -0.143. The normalized spacial score (nSPS) is 16.6. The summed E-state index contributed by atoms with van der Waals surface area (Å²) in [6.07, 6.45) is 1.83. The maximum absolute atomic E-state index is 11.3. The van der Waals surface area contributed by atoms with Crippen LogP contribution in [-0.4, -0.2) is 18.4 Å². The minimum Gasteiger partial charge on any atom is -0.421 e. The van der Waals surface area contributed by atoms with Crippen LogP contribution in [0.15, 0.2) is 11.3 Å². The van der Waals surface area contributed by atoms with Gasteiger partial charge in [0, 0.05) is 13.0 Å². The lowest BCUT2D eigenvalue weighted by atomic mass is 10.1. The Hall–Kier alpha value is -1.32. The van der Waals surface area contributed by atoms with Gasteiger partial charge >= 0.3 is 5.97 Å². The van der Waals surface area contributed by atoms with Crippen LogP contribution in [0.2, 0.25) is 0 Å². The van der Waals surface area contributed by atoms with E-state index in [4.69, 9.17) is 4.74 Å². The SMILES string of the molecule is CCCC(=O)OC1=C(C)CCNC1=O. The fourth-order valence-electron chi connectivity index (χ4n) is 1.25. The molecule has 0 spiro atoms. The zero-order chi connectivity index (χ0) is 10.6. The highest BCUT2D eigenvalue weighted by Gasteiger charge is 2.21. The molecule has 4 heteroatoms. The molecule has 1 heterocycles. The molecule has 0 aromatic heterocycles. The van der Waals surface area contributed by atoms with Crippen molar-refractivity contribution in [3.63, 3.8) is 0 Å². The van der Waals surface area contributed by atoms with Crippen LogP contribution in [0.3, 0.4) is 0 Å². The van der Waals surface area contributed by atoms with E-state index in [1.807, 2.05) is 13.8 Å². The molecule has 1 aliphatic heterocycles. The first-order valence-corrected chi connectivity index (χ1v) is 4.83. The Labute approximate surface area is 83.3 Å². The third kappa shape index (κ3) is 2.58. The number of hydrogen-bond donors (Lipinski definition) is 1. The van der Waals surface area contributed by atoms with Crippen molar-refractivity contribution in [2.45, 2.75) is 33.1 Å². The van der Waals surface area contributed by atoms with Gasteiger partial charge in [0.1, 0.15) is 0 Å². The molecule has 0 atom stereocenters. The second-order valence-corrected chi connectivity index (χ2v) is 3.34. The molecule has 78 valence electrons. The van der Waals surface area contributed by atoms with Gasteiger partial charge in [-0.15, -0.1) is 0 Å². The molecule has 0 aromatic rings. The van der Waals surface area contributed by atoms with E-state index in [2.05, 4.69) is 5.32 Å². The third-order valence-electron chi connectivity index (χ3n) is 2.05. The standard InChI is InChI=1S/C10H15NO3/c1-3-4-8(12)14-9-7(2)5-6-11-10(9)13/h3-6H2,1-2H3,(H,11,13). The van der Waals surface area contributed by atoms with E-state index in [-0.39, 0.29) is 17.6 Å². The predicted molar refractivity (Wildman–Crippen MR) is 51.3 cm³/mol. The van der Waals surface area contributed by atoms with Gasteiger partial charge in [-0.05, 0) is 25.3 Å². The first kappa shape index (κ1) is 10.8. The van der Waals surface area contributed by atoms with Crippen molar-refractivity contribution in [1.82, 2.24) is 5.32 Å². The summed E-state index contributed by atoms with van der Waals surface area (Å²) in [6.45, 7) is 4.33. The summed E-state index contributed by atoms with van der Waals surface area (Å²) >= 11 is 0. The van der Waals surface area contributed by atoms with E-state index in [1.165, 1.54) is 0 Å². The highest BCUT2D eigenvalue weighted by atomic mass is 16.5. The molecule has 1 amide bonds. The van der Waals surface area contributed by atoms with Crippen LogP contribution in [0.5, 0.6) is 0 Å².